The van der Waals surface area contributed by atoms with Crippen molar-refractivity contribution in [1.82, 2.24) is 9.55 Å². The summed E-state index contributed by atoms with van der Waals surface area (Å²) in [5.74, 6) is 0. The van der Waals surface area contributed by atoms with E-state index in [4.69, 9.17) is 9.47 Å². The van der Waals surface area contributed by atoms with Gasteiger partial charge in [-0.2, -0.15) is 0 Å². The molecule has 0 aliphatic carbocycles. The summed E-state index contributed by atoms with van der Waals surface area (Å²) >= 11 is 0. The standard InChI is InChI=1S/C11H18N2O4.C2H6/c1-7(6-16-4)17-8(2)9-5-13(3)11(15)12-10(9)14;1-2/h5,7-8H,6H2,1-4H3,(H,12,14,15);1-2H3. The van der Waals surface area contributed by atoms with Crippen LogP contribution in [-0.2, 0) is 16.5 Å². The number of nitrogens with one attached hydrogen (secondary N) is 1. The first-order chi connectivity index (χ1) is 8.95. The molecule has 1 rings (SSSR count). The lowest BCUT2D eigenvalue weighted by Crippen LogP contribution is -2.32. The normalized spacial score (nSPS) is 13.4. The van der Waals surface area contributed by atoms with Crippen molar-refractivity contribution in [2.45, 2.75) is 39.9 Å². The number of rotatable bonds is 5. The molecule has 6 nitrogen and oxygen atoms in total. The van der Waals surface area contributed by atoms with Crippen molar-refractivity contribution in [3.63, 3.8) is 0 Å². The largest absolute Gasteiger partial charge is 0.382 e. The summed E-state index contributed by atoms with van der Waals surface area (Å²) in [6.07, 6.45) is 0.980. The minimum atomic E-state index is -0.434. The van der Waals surface area contributed by atoms with Gasteiger partial charge in [0.2, 0.25) is 0 Å². The monoisotopic (exact) mass is 272 g/mol. The van der Waals surface area contributed by atoms with Gasteiger partial charge in [0, 0.05) is 20.4 Å². The van der Waals surface area contributed by atoms with Gasteiger partial charge in [-0.1, -0.05) is 13.8 Å². The van der Waals surface area contributed by atoms with Crippen LogP contribution >= 0.6 is 0 Å². The molecule has 2 atom stereocenters. The lowest BCUT2D eigenvalue weighted by atomic mass is 10.2. The van der Waals surface area contributed by atoms with E-state index >= 15 is 0 Å². The maximum atomic E-state index is 11.6. The number of methoxy groups -OCH3 is 1. The van der Waals surface area contributed by atoms with Gasteiger partial charge in [-0.15, -0.1) is 0 Å². The van der Waals surface area contributed by atoms with E-state index in [0.29, 0.717) is 12.2 Å². The molecular formula is C13H24N2O4. The molecule has 0 aromatic carbocycles. The van der Waals surface area contributed by atoms with E-state index in [2.05, 4.69) is 4.98 Å². The number of H-pyrrole nitrogens is 1. The molecule has 19 heavy (non-hydrogen) atoms. The van der Waals surface area contributed by atoms with Crippen LogP contribution in [0, 0.1) is 0 Å². The number of ether oxygens (including phenoxy) is 2. The molecule has 0 saturated heterocycles. The number of hydrogen-bond donors (Lipinski definition) is 1. The predicted molar refractivity (Wildman–Crippen MR) is 74.5 cm³/mol. The Hall–Kier alpha value is -1.40. The topological polar surface area (TPSA) is 73.3 Å². The molecule has 1 N–H and O–H groups in total. The molecule has 0 amide bonds. The van der Waals surface area contributed by atoms with E-state index in [1.807, 2.05) is 20.8 Å². The van der Waals surface area contributed by atoms with Gasteiger partial charge in [-0.3, -0.25) is 9.78 Å². The van der Waals surface area contributed by atoms with Crippen molar-refractivity contribution < 1.29 is 9.47 Å². The van der Waals surface area contributed by atoms with E-state index in [-0.39, 0.29) is 6.10 Å². The maximum absolute atomic E-state index is 11.6. The number of hydrogen-bond acceptors (Lipinski definition) is 4. The molecule has 0 radical (unpaired) electrons. The number of aryl methyl sites for hydroxylation is 1. The first-order valence-electron chi connectivity index (χ1n) is 6.40. The van der Waals surface area contributed by atoms with Crippen molar-refractivity contribution in [2.24, 2.45) is 7.05 Å². The second kappa shape index (κ2) is 8.66. The summed E-state index contributed by atoms with van der Waals surface area (Å²) in [7, 11) is 3.16. The molecule has 1 aromatic heterocycles. The van der Waals surface area contributed by atoms with Gasteiger partial charge >= 0.3 is 5.69 Å². The fraction of sp³-hybridized carbons (Fsp3) is 0.692. The van der Waals surface area contributed by atoms with E-state index in [1.165, 1.54) is 10.8 Å². The predicted octanol–water partition coefficient (Wildman–Crippen LogP) is 1.21. The summed E-state index contributed by atoms with van der Waals surface area (Å²) in [4.78, 5) is 25.0. The second-order valence-electron chi connectivity index (χ2n) is 4.00. The van der Waals surface area contributed by atoms with E-state index in [9.17, 15) is 9.59 Å². The summed E-state index contributed by atoms with van der Waals surface area (Å²) in [5, 5.41) is 0. The van der Waals surface area contributed by atoms with Crippen LogP contribution in [0.4, 0.5) is 0 Å². The van der Waals surface area contributed by atoms with E-state index in [1.54, 1.807) is 21.1 Å². The molecule has 0 fully saturated rings. The minimum absolute atomic E-state index is 0.119. The van der Waals surface area contributed by atoms with Crippen LogP contribution in [0.1, 0.15) is 39.4 Å². The molecule has 0 saturated carbocycles. The van der Waals surface area contributed by atoms with Crippen molar-refractivity contribution in [3.8, 4) is 0 Å². The fourth-order valence-electron chi connectivity index (χ4n) is 1.57. The van der Waals surface area contributed by atoms with Gasteiger partial charge in [-0.25, -0.2) is 4.79 Å². The first kappa shape index (κ1) is 17.6. The van der Waals surface area contributed by atoms with Crippen molar-refractivity contribution in [3.05, 3.63) is 32.6 Å². The third kappa shape index (κ3) is 5.40. The van der Waals surface area contributed by atoms with Gasteiger partial charge in [0.25, 0.3) is 5.56 Å². The second-order valence-corrected chi connectivity index (χ2v) is 4.00. The molecular weight excluding hydrogens is 248 g/mol. The molecule has 110 valence electrons. The van der Waals surface area contributed by atoms with Gasteiger partial charge in [0.1, 0.15) is 0 Å². The zero-order valence-corrected chi connectivity index (χ0v) is 12.5. The van der Waals surface area contributed by atoms with Crippen LogP contribution < -0.4 is 11.2 Å². The highest BCUT2D eigenvalue weighted by molar-refractivity contribution is 5.07. The molecule has 2 unspecified atom stereocenters. The van der Waals surface area contributed by atoms with Crippen LogP contribution in [0.15, 0.2) is 15.8 Å². The van der Waals surface area contributed by atoms with Crippen LogP contribution in [-0.4, -0.2) is 29.4 Å². The molecule has 0 spiro atoms. The Labute approximate surface area is 113 Å². The summed E-state index contributed by atoms with van der Waals surface area (Å²) in [6, 6.07) is 0. The highest BCUT2D eigenvalue weighted by atomic mass is 16.5. The smallest absolute Gasteiger partial charge is 0.328 e. The van der Waals surface area contributed by atoms with Gasteiger partial charge in [0.15, 0.2) is 0 Å². The Morgan fingerprint density at radius 3 is 2.42 bits per heavy atom. The third-order valence-corrected chi connectivity index (χ3v) is 2.41. The Morgan fingerprint density at radius 2 is 1.89 bits per heavy atom. The number of aromatic amines is 1. The Bertz CT molecular complexity index is 478. The van der Waals surface area contributed by atoms with Gasteiger partial charge in [0.05, 0.1) is 24.4 Å². The van der Waals surface area contributed by atoms with Gasteiger partial charge < -0.3 is 14.0 Å². The quantitative estimate of drug-likeness (QED) is 0.874. The zero-order valence-electron chi connectivity index (χ0n) is 12.5. The lowest BCUT2D eigenvalue weighted by Gasteiger charge is -2.18. The van der Waals surface area contributed by atoms with E-state index in [0.717, 1.165) is 0 Å². The zero-order chi connectivity index (χ0) is 15.0. The number of aromatic nitrogens is 2. The van der Waals surface area contributed by atoms with Crippen LogP contribution in [0.2, 0.25) is 0 Å². The molecule has 6 heteroatoms. The highest BCUT2D eigenvalue weighted by Gasteiger charge is 2.15. The van der Waals surface area contributed by atoms with Crippen molar-refractivity contribution >= 4 is 0 Å². The van der Waals surface area contributed by atoms with Gasteiger partial charge in [-0.05, 0) is 13.8 Å². The maximum Gasteiger partial charge on any atom is 0.328 e. The highest BCUT2D eigenvalue weighted by Crippen LogP contribution is 2.13. The molecule has 0 aliphatic heterocycles. The third-order valence-electron chi connectivity index (χ3n) is 2.41. The Morgan fingerprint density at radius 1 is 1.32 bits per heavy atom. The van der Waals surface area contributed by atoms with Crippen LogP contribution in [0.5, 0.6) is 0 Å². The van der Waals surface area contributed by atoms with Crippen LogP contribution in [0.25, 0.3) is 0 Å². The summed E-state index contributed by atoms with van der Waals surface area (Å²) in [5.41, 5.74) is -0.420. The average Bonchev–Trinajstić information content (AvgIpc) is 2.36. The fourth-order valence-corrected chi connectivity index (χ4v) is 1.57. The minimum Gasteiger partial charge on any atom is -0.382 e. The number of nitrogens with zero attached hydrogens (tertiary/aromatic N) is 1. The first-order valence-corrected chi connectivity index (χ1v) is 6.40. The van der Waals surface area contributed by atoms with E-state index < -0.39 is 17.4 Å². The SMILES string of the molecule is CC.COCC(C)OC(C)c1cn(C)c(=O)[nH]c1=O. The summed E-state index contributed by atoms with van der Waals surface area (Å²) < 4.78 is 11.9. The summed E-state index contributed by atoms with van der Waals surface area (Å²) in [6.45, 7) is 8.07. The van der Waals surface area contributed by atoms with Crippen LogP contribution in [0.3, 0.4) is 0 Å². The molecule has 1 heterocycles. The molecule has 0 aliphatic rings. The lowest BCUT2D eigenvalue weighted by molar-refractivity contribution is -0.0331. The van der Waals surface area contributed by atoms with Crippen molar-refractivity contribution in [1.29, 1.82) is 0 Å². The Balaban J connectivity index is 0.00000154. The molecule has 1 aromatic rings. The Kier molecular flexibility index (Phi) is 8.02. The average molecular weight is 272 g/mol. The van der Waals surface area contributed by atoms with Crippen molar-refractivity contribution in [2.75, 3.05) is 13.7 Å². The molecule has 0 bridgehead atoms.